The zero-order chi connectivity index (χ0) is 16.4. The van der Waals surface area contributed by atoms with E-state index in [0.717, 1.165) is 22.0 Å². The Bertz CT molecular complexity index is 893. The van der Waals surface area contributed by atoms with Crippen LogP contribution in [-0.2, 0) is 11.2 Å². The normalized spacial score (nSPS) is 10.7. The molecule has 0 unspecified atom stereocenters. The van der Waals surface area contributed by atoms with Crippen molar-refractivity contribution >= 4 is 28.3 Å². The molecular weight excluding hydrogens is 288 g/mol. The Kier molecular flexibility index (Phi) is 3.98. The average Bonchev–Trinajstić information content (AvgIpc) is 2.92. The van der Waals surface area contributed by atoms with Crippen molar-refractivity contribution in [1.29, 1.82) is 0 Å². The molecule has 0 fully saturated rings. The van der Waals surface area contributed by atoms with Crippen LogP contribution < -0.4 is 5.32 Å². The number of aromatic amines is 1. The molecule has 2 N–H and O–H groups in total. The highest BCUT2D eigenvalue weighted by molar-refractivity contribution is 5.98. The lowest BCUT2D eigenvalue weighted by molar-refractivity contribution is -0.115. The quantitative estimate of drug-likeness (QED) is 0.719. The van der Waals surface area contributed by atoms with Gasteiger partial charge in [0.2, 0.25) is 5.91 Å². The minimum Gasteiger partial charge on any atom is -0.361 e. The van der Waals surface area contributed by atoms with Gasteiger partial charge in [0.15, 0.2) is 5.78 Å². The van der Waals surface area contributed by atoms with Gasteiger partial charge in [0.05, 0.1) is 6.42 Å². The molecule has 23 heavy (non-hydrogen) atoms. The first-order valence-electron chi connectivity index (χ1n) is 7.51. The third-order valence-electron chi connectivity index (χ3n) is 3.91. The Morgan fingerprint density at radius 3 is 2.70 bits per heavy atom. The maximum atomic E-state index is 12.3. The lowest BCUT2D eigenvalue weighted by Crippen LogP contribution is -2.14. The number of H-pyrrole nitrogens is 1. The smallest absolute Gasteiger partial charge is 0.228 e. The number of carbonyl (C=O) groups excluding carboxylic acids is 2. The highest BCUT2D eigenvalue weighted by Crippen LogP contribution is 2.22. The number of rotatable bonds is 4. The first-order chi connectivity index (χ1) is 11.0. The van der Waals surface area contributed by atoms with Gasteiger partial charge in [-0.15, -0.1) is 0 Å². The Hall–Kier alpha value is -2.88. The van der Waals surface area contributed by atoms with E-state index in [9.17, 15) is 9.59 Å². The van der Waals surface area contributed by atoms with Gasteiger partial charge in [-0.3, -0.25) is 9.59 Å². The molecule has 1 aromatic heterocycles. The number of benzene rings is 2. The highest BCUT2D eigenvalue weighted by atomic mass is 16.1. The summed E-state index contributed by atoms with van der Waals surface area (Å²) in [6, 6.07) is 13.0. The Morgan fingerprint density at radius 1 is 1.13 bits per heavy atom. The largest absolute Gasteiger partial charge is 0.361 e. The number of para-hydroxylation sites is 1. The summed E-state index contributed by atoms with van der Waals surface area (Å²) in [6.07, 6.45) is 2.16. The summed E-state index contributed by atoms with van der Waals surface area (Å²) in [5.74, 6) is -0.124. The molecule has 3 rings (SSSR count). The fourth-order valence-electron chi connectivity index (χ4n) is 2.70. The van der Waals surface area contributed by atoms with Gasteiger partial charge < -0.3 is 10.3 Å². The van der Waals surface area contributed by atoms with Crippen LogP contribution in [0.3, 0.4) is 0 Å². The van der Waals surface area contributed by atoms with Crippen molar-refractivity contribution < 1.29 is 9.59 Å². The number of hydrogen-bond acceptors (Lipinski definition) is 2. The lowest BCUT2D eigenvalue weighted by atomic mass is 10.1. The molecule has 0 radical (unpaired) electrons. The first kappa shape index (κ1) is 15.0. The first-order valence-corrected chi connectivity index (χ1v) is 7.51. The maximum Gasteiger partial charge on any atom is 0.228 e. The number of aryl methyl sites for hydroxylation is 1. The molecule has 0 atom stereocenters. The highest BCUT2D eigenvalue weighted by Gasteiger charge is 2.10. The summed E-state index contributed by atoms with van der Waals surface area (Å²) in [5.41, 5.74) is 4.41. The lowest BCUT2D eigenvalue weighted by Gasteiger charge is -2.06. The summed E-state index contributed by atoms with van der Waals surface area (Å²) in [6.45, 7) is 3.55. The van der Waals surface area contributed by atoms with E-state index in [4.69, 9.17) is 0 Å². The van der Waals surface area contributed by atoms with Gasteiger partial charge in [-0.05, 0) is 37.1 Å². The van der Waals surface area contributed by atoms with E-state index in [0.29, 0.717) is 11.3 Å². The number of hydrogen-bond donors (Lipinski definition) is 2. The zero-order valence-corrected chi connectivity index (χ0v) is 13.1. The van der Waals surface area contributed by atoms with Crippen molar-refractivity contribution in [2.24, 2.45) is 0 Å². The van der Waals surface area contributed by atoms with Crippen molar-refractivity contribution in [3.63, 3.8) is 0 Å². The SMILES string of the molecule is CC(=O)c1cccc(NC(=O)Cc2c[nH]c3c(C)cccc23)c1. The van der Waals surface area contributed by atoms with Gasteiger partial charge in [0.1, 0.15) is 0 Å². The van der Waals surface area contributed by atoms with Crippen LogP contribution >= 0.6 is 0 Å². The monoisotopic (exact) mass is 306 g/mol. The second-order valence-electron chi connectivity index (χ2n) is 5.67. The molecule has 1 amide bonds. The van der Waals surface area contributed by atoms with Crippen LogP contribution in [0.1, 0.15) is 28.4 Å². The zero-order valence-electron chi connectivity index (χ0n) is 13.1. The standard InChI is InChI=1S/C19H18N2O2/c1-12-5-3-8-17-15(11-20-19(12)17)10-18(23)21-16-7-4-6-14(9-16)13(2)22/h3-9,11,20H,10H2,1-2H3,(H,21,23). The molecule has 0 bridgehead atoms. The number of anilines is 1. The van der Waals surface area contributed by atoms with Gasteiger partial charge in [-0.25, -0.2) is 0 Å². The third-order valence-corrected chi connectivity index (χ3v) is 3.91. The van der Waals surface area contributed by atoms with Crippen molar-refractivity contribution in [3.05, 3.63) is 65.4 Å². The van der Waals surface area contributed by atoms with E-state index in [1.807, 2.05) is 31.3 Å². The van der Waals surface area contributed by atoms with Crippen molar-refractivity contribution in [2.45, 2.75) is 20.3 Å². The van der Waals surface area contributed by atoms with Crippen molar-refractivity contribution in [1.82, 2.24) is 4.98 Å². The molecule has 4 heteroatoms. The molecule has 0 spiro atoms. The van der Waals surface area contributed by atoms with Crippen LogP contribution in [0.25, 0.3) is 10.9 Å². The number of ketones is 1. The Labute approximate surface area is 134 Å². The van der Waals surface area contributed by atoms with Crippen molar-refractivity contribution in [2.75, 3.05) is 5.32 Å². The van der Waals surface area contributed by atoms with Crippen LogP contribution in [-0.4, -0.2) is 16.7 Å². The van der Waals surface area contributed by atoms with Gasteiger partial charge in [-0.1, -0.05) is 30.3 Å². The molecule has 0 aliphatic heterocycles. The topological polar surface area (TPSA) is 62.0 Å². The molecule has 0 aliphatic rings. The molecule has 0 saturated heterocycles. The van der Waals surface area contributed by atoms with Crippen LogP contribution in [0.4, 0.5) is 5.69 Å². The summed E-state index contributed by atoms with van der Waals surface area (Å²) in [7, 11) is 0. The Balaban J connectivity index is 1.78. The summed E-state index contributed by atoms with van der Waals surface area (Å²) in [5, 5.41) is 3.92. The summed E-state index contributed by atoms with van der Waals surface area (Å²) >= 11 is 0. The third kappa shape index (κ3) is 3.16. The fraction of sp³-hybridized carbons (Fsp3) is 0.158. The van der Waals surface area contributed by atoms with Gasteiger partial charge in [-0.2, -0.15) is 0 Å². The van der Waals surface area contributed by atoms with Crippen LogP contribution in [0.2, 0.25) is 0 Å². The van der Waals surface area contributed by atoms with Crippen LogP contribution in [0, 0.1) is 6.92 Å². The van der Waals surface area contributed by atoms with E-state index in [1.165, 1.54) is 6.92 Å². The average molecular weight is 306 g/mol. The molecule has 2 aromatic carbocycles. The molecule has 4 nitrogen and oxygen atoms in total. The predicted octanol–water partition coefficient (Wildman–Crippen LogP) is 3.86. The second kappa shape index (κ2) is 6.08. The molecule has 0 aliphatic carbocycles. The van der Waals surface area contributed by atoms with Crippen molar-refractivity contribution in [3.8, 4) is 0 Å². The number of aromatic nitrogens is 1. The molecule has 116 valence electrons. The second-order valence-corrected chi connectivity index (χ2v) is 5.67. The van der Waals surface area contributed by atoms with Crippen LogP contribution in [0.5, 0.6) is 0 Å². The number of amides is 1. The molecular formula is C19H18N2O2. The van der Waals surface area contributed by atoms with E-state index < -0.39 is 0 Å². The minimum atomic E-state index is -0.104. The molecule has 3 aromatic rings. The van der Waals surface area contributed by atoms with Gasteiger partial charge >= 0.3 is 0 Å². The van der Waals surface area contributed by atoms with E-state index in [2.05, 4.69) is 10.3 Å². The Morgan fingerprint density at radius 2 is 1.91 bits per heavy atom. The van der Waals surface area contributed by atoms with Crippen LogP contribution in [0.15, 0.2) is 48.7 Å². The summed E-state index contributed by atoms with van der Waals surface area (Å²) < 4.78 is 0. The van der Waals surface area contributed by atoms with Gasteiger partial charge in [0, 0.05) is 28.4 Å². The predicted molar refractivity (Wildman–Crippen MR) is 91.8 cm³/mol. The minimum absolute atomic E-state index is 0.0202. The molecule has 1 heterocycles. The fourth-order valence-corrected chi connectivity index (χ4v) is 2.70. The number of Topliss-reactive ketones (excluding diaryl/α,β-unsaturated/α-hetero) is 1. The number of carbonyl (C=O) groups is 2. The van der Waals surface area contributed by atoms with E-state index in [-0.39, 0.29) is 18.1 Å². The van der Waals surface area contributed by atoms with E-state index >= 15 is 0 Å². The van der Waals surface area contributed by atoms with Gasteiger partial charge in [0.25, 0.3) is 0 Å². The number of fused-ring (bicyclic) bond motifs is 1. The summed E-state index contributed by atoms with van der Waals surface area (Å²) in [4.78, 5) is 26.9. The van der Waals surface area contributed by atoms with E-state index in [1.54, 1.807) is 24.3 Å². The maximum absolute atomic E-state index is 12.3. The number of nitrogens with one attached hydrogen (secondary N) is 2. The molecule has 0 saturated carbocycles.